The number of aryl methyl sites for hydroxylation is 1. The predicted molar refractivity (Wildman–Crippen MR) is 99.1 cm³/mol. The summed E-state index contributed by atoms with van der Waals surface area (Å²) in [6, 6.07) is 10.00. The monoisotopic (exact) mass is 393 g/mol. The first-order valence-corrected chi connectivity index (χ1v) is 10.5. The van der Waals surface area contributed by atoms with Crippen molar-refractivity contribution >= 4 is 38.6 Å². The minimum Gasteiger partial charge on any atom is -0.347 e. The predicted octanol–water partition coefficient (Wildman–Crippen LogP) is 2.76. The van der Waals surface area contributed by atoms with E-state index in [2.05, 4.69) is 10.3 Å². The molecule has 1 amide bonds. The highest BCUT2D eigenvalue weighted by molar-refractivity contribution is 7.89. The van der Waals surface area contributed by atoms with E-state index in [0.29, 0.717) is 10.6 Å². The number of hydrogen-bond donors (Lipinski definition) is 2. The van der Waals surface area contributed by atoms with Crippen LogP contribution in [-0.2, 0) is 16.6 Å². The molecule has 0 radical (unpaired) electrons. The molecule has 130 valence electrons. The molecule has 0 fully saturated rings. The van der Waals surface area contributed by atoms with E-state index in [1.165, 1.54) is 23.5 Å². The number of thiophene rings is 1. The quantitative estimate of drug-likeness (QED) is 0.696. The molecule has 3 rings (SSSR count). The molecule has 0 saturated carbocycles. The van der Waals surface area contributed by atoms with Gasteiger partial charge >= 0.3 is 0 Å². The van der Waals surface area contributed by atoms with Gasteiger partial charge in [0.2, 0.25) is 10.0 Å². The van der Waals surface area contributed by atoms with Gasteiger partial charge in [-0.2, -0.15) is 0 Å². The number of aromatic nitrogens is 1. The Morgan fingerprint density at radius 3 is 2.56 bits per heavy atom. The van der Waals surface area contributed by atoms with E-state index in [1.54, 1.807) is 23.5 Å². The number of primary sulfonamides is 1. The van der Waals surface area contributed by atoms with Crippen molar-refractivity contribution in [1.29, 1.82) is 0 Å². The smallest absolute Gasteiger partial charge is 0.263 e. The number of sulfonamides is 1. The third-order valence-corrected chi connectivity index (χ3v) is 6.56. The molecule has 3 N–H and O–H groups in total. The number of benzene rings is 1. The molecule has 0 atom stereocenters. The second kappa shape index (κ2) is 7.04. The number of nitrogens with one attached hydrogen (secondary N) is 1. The Balaban J connectivity index is 1.69. The van der Waals surface area contributed by atoms with Crippen LogP contribution in [0.4, 0.5) is 0 Å². The summed E-state index contributed by atoms with van der Waals surface area (Å²) in [4.78, 5) is 18.5. The number of nitrogens with two attached hydrogens (primary N) is 1. The number of amides is 1. The molecule has 3 aromatic rings. The van der Waals surface area contributed by atoms with Crippen LogP contribution in [0.1, 0.15) is 20.9 Å². The Hall–Kier alpha value is -2.07. The molecule has 1 aromatic carbocycles. The standard InChI is InChI=1S/C16H15N3O3S3/c1-10-14(24-16(19-10)13-3-2-8-23-13)15(20)18-9-11-4-6-12(7-5-11)25(17,21)22/h2-8H,9H2,1H3,(H,18,20)(H2,17,21,22). The van der Waals surface area contributed by atoms with Crippen molar-refractivity contribution in [2.75, 3.05) is 0 Å². The second-order valence-electron chi connectivity index (χ2n) is 5.28. The maximum Gasteiger partial charge on any atom is 0.263 e. The lowest BCUT2D eigenvalue weighted by Gasteiger charge is -2.05. The van der Waals surface area contributed by atoms with E-state index < -0.39 is 10.0 Å². The molecule has 0 bridgehead atoms. The highest BCUT2D eigenvalue weighted by atomic mass is 32.2. The lowest BCUT2D eigenvalue weighted by Crippen LogP contribution is -2.22. The van der Waals surface area contributed by atoms with Gasteiger partial charge in [-0.25, -0.2) is 18.5 Å². The lowest BCUT2D eigenvalue weighted by atomic mass is 10.2. The fourth-order valence-corrected chi connectivity index (χ4v) is 4.47. The highest BCUT2D eigenvalue weighted by Gasteiger charge is 2.16. The molecule has 0 aliphatic heterocycles. The molecule has 0 saturated heterocycles. The summed E-state index contributed by atoms with van der Waals surface area (Å²) in [6.45, 7) is 2.10. The molecule has 9 heteroatoms. The number of hydrogen-bond acceptors (Lipinski definition) is 6. The van der Waals surface area contributed by atoms with Gasteiger partial charge in [0.15, 0.2) is 0 Å². The summed E-state index contributed by atoms with van der Waals surface area (Å²) in [7, 11) is -3.71. The largest absolute Gasteiger partial charge is 0.347 e. The topological polar surface area (TPSA) is 102 Å². The lowest BCUT2D eigenvalue weighted by molar-refractivity contribution is 0.0954. The molecular weight excluding hydrogens is 378 g/mol. The van der Waals surface area contributed by atoms with Crippen LogP contribution in [0.2, 0.25) is 0 Å². The van der Waals surface area contributed by atoms with E-state index in [9.17, 15) is 13.2 Å². The zero-order valence-electron chi connectivity index (χ0n) is 13.2. The Kier molecular flexibility index (Phi) is 5.00. The normalized spacial score (nSPS) is 11.4. The SMILES string of the molecule is Cc1nc(-c2cccs2)sc1C(=O)NCc1ccc(S(N)(=O)=O)cc1. The van der Waals surface area contributed by atoms with Crippen LogP contribution in [0.15, 0.2) is 46.7 Å². The van der Waals surface area contributed by atoms with Gasteiger partial charge in [0.1, 0.15) is 9.88 Å². The van der Waals surface area contributed by atoms with Crippen LogP contribution in [0.25, 0.3) is 9.88 Å². The van der Waals surface area contributed by atoms with Gasteiger partial charge in [-0.15, -0.1) is 22.7 Å². The fraction of sp³-hybridized carbons (Fsp3) is 0.125. The van der Waals surface area contributed by atoms with Crippen molar-refractivity contribution in [2.45, 2.75) is 18.4 Å². The minimum atomic E-state index is -3.71. The Morgan fingerprint density at radius 1 is 1.24 bits per heavy atom. The van der Waals surface area contributed by atoms with Gasteiger partial charge in [0.25, 0.3) is 5.91 Å². The average molecular weight is 394 g/mol. The molecule has 2 heterocycles. The Labute approximate surface area is 153 Å². The molecular formula is C16H15N3O3S3. The second-order valence-corrected chi connectivity index (χ2v) is 8.79. The average Bonchev–Trinajstić information content (AvgIpc) is 3.21. The van der Waals surface area contributed by atoms with Gasteiger partial charge in [-0.1, -0.05) is 18.2 Å². The van der Waals surface area contributed by atoms with Crippen molar-refractivity contribution < 1.29 is 13.2 Å². The van der Waals surface area contributed by atoms with Gasteiger partial charge in [-0.05, 0) is 36.1 Å². The van der Waals surface area contributed by atoms with Crippen molar-refractivity contribution in [1.82, 2.24) is 10.3 Å². The third-order valence-electron chi connectivity index (χ3n) is 3.44. The first-order chi connectivity index (χ1) is 11.8. The van der Waals surface area contributed by atoms with Crippen molar-refractivity contribution in [3.63, 3.8) is 0 Å². The fourth-order valence-electron chi connectivity index (χ4n) is 2.17. The zero-order valence-corrected chi connectivity index (χ0v) is 15.7. The van der Waals surface area contributed by atoms with Crippen LogP contribution in [0.5, 0.6) is 0 Å². The van der Waals surface area contributed by atoms with Crippen molar-refractivity contribution in [2.24, 2.45) is 5.14 Å². The van der Waals surface area contributed by atoms with E-state index in [0.717, 1.165) is 15.4 Å². The summed E-state index contributed by atoms with van der Waals surface area (Å²) in [5.41, 5.74) is 1.47. The van der Waals surface area contributed by atoms with Crippen LogP contribution in [0, 0.1) is 6.92 Å². The summed E-state index contributed by atoms with van der Waals surface area (Å²) in [5.74, 6) is -0.201. The summed E-state index contributed by atoms with van der Waals surface area (Å²) in [5, 5.41) is 10.7. The van der Waals surface area contributed by atoms with Crippen LogP contribution < -0.4 is 10.5 Å². The van der Waals surface area contributed by atoms with E-state index in [1.807, 2.05) is 24.4 Å². The number of carbonyl (C=O) groups excluding carboxylic acids is 1. The molecule has 2 aromatic heterocycles. The molecule has 25 heavy (non-hydrogen) atoms. The molecule has 0 unspecified atom stereocenters. The molecule has 0 aliphatic rings. The van der Waals surface area contributed by atoms with Gasteiger partial charge in [0, 0.05) is 6.54 Å². The van der Waals surface area contributed by atoms with Gasteiger partial charge < -0.3 is 5.32 Å². The van der Waals surface area contributed by atoms with Crippen LogP contribution in [0.3, 0.4) is 0 Å². The zero-order chi connectivity index (χ0) is 18.0. The van der Waals surface area contributed by atoms with Crippen molar-refractivity contribution in [3.05, 3.63) is 57.9 Å². The van der Waals surface area contributed by atoms with E-state index >= 15 is 0 Å². The number of carbonyl (C=O) groups is 1. The highest BCUT2D eigenvalue weighted by Crippen LogP contribution is 2.31. The Bertz CT molecular complexity index is 991. The third kappa shape index (κ3) is 4.13. The maximum absolute atomic E-state index is 12.4. The molecule has 0 spiro atoms. The Morgan fingerprint density at radius 2 is 1.96 bits per heavy atom. The van der Waals surface area contributed by atoms with Crippen LogP contribution in [-0.4, -0.2) is 19.3 Å². The molecule has 6 nitrogen and oxygen atoms in total. The molecule has 0 aliphatic carbocycles. The summed E-state index contributed by atoms with van der Waals surface area (Å²) >= 11 is 2.94. The number of nitrogens with zero attached hydrogens (tertiary/aromatic N) is 1. The first kappa shape index (κ1) is 17.7. The van der Waals surface area contributed by atoms with Crippen LogP contribution >= 0.6 is 22.7 Å². The van der Waals surface area contributed by atoms with Gasteiger partial charge in [-0.3, -0.25) is 4.79 Å². The number of thiazole rings is 1. The van der Waals surface area contributed by atoms with Gasteiger partial charge in [0.05, 0.1) is 15.5 Å². The summed E-state index contributed by atoms with van der Waals surface area (Å²) < 4.78 is 22.5. The number of rotatable bonds is 5. The first-order valence-electron chi connectivity index (χ1n) is 7.26. The summed E-state index contributed by atoms with van der Waals surface area (Å²) in [6.07, 6.45) is 0. The van der Waals surface area contributed by atoms with E-state index in [4.69, 9.17) is 5.14 Å². The van der Waals surface area contributed by atoms with E-state index in [-0.39, 0.29) is 17.3 Å². The maximum atomic E-state index is 12.4. The van der Waals surface area contributed by atoms with Crippen molar-refractivity contribution in [3.8, 4) is 9.88 Å². The minimum absolute atomic E-state index is 0.0430.